The Labute approximate surface area is 102 Å². The highest BCUT2D eigenvalue weighted by Gasteiger charge is 2.18. The van der Waals surface area contributed by atoms with Crippen molar-refractivity contribution in [1.29, 1.82) is 0 Å². The Morgan fingerprint density at radius 3 is 3.06 bits per heavy atom. The SMILES string of the molecule is CCn1nc(CCSC)c2c1NCCCC2. The Hall–Kier alpha value is -0.640. The average molecular weight is 239 g/mol. The first-order valence-corrected chi connectivity index (χ1v) is 7.57. The standard InChI is InChI=1S/C12H21N3S/c1-3-15-12-10(6-4-5-8-13-12)11(14-15)7-9-16-2/h13H,3-9H2,1-2H3. The number of nitrogens with zero attached hydrogens (tertiary/aromatic N) is 2. The Morgan fingerprint density at radius 1 is 1.44 bits per heavy atom. The van der Waals surface area contributed by atoms with Gasteiger partial charge in [-0.3, -0.25) is 0 Å². The quantitative estimate of drug-likeness (QED) is 0.876. The molecule has 90 valence electrons. The van der Waals surface area contributed by atoms with Crippen molar-refractivity contribution >= 4 is 17.6 Å². The van der Waals surface area contributed by atoms with Gasteiger partial charge in [-0.2, -0.15) is 16.9 Å². The minimum absolute atomic E-state index is 0.967. The van der Waals surface area contributed by atoms with Crippen LogP contribution in [0.5, 0.6) is 0 Å². The van der Waals surface area contributed by atoms with E-state index in [1.807, 2.05) is 11.8 Å². The molecule has 1 aliphatic rings. The Kier molecular flexibility index (Phi) is 4.16. The van der Waals surface area contributed by atoms with Crippen molar-refractivity contribution in [2.45, 2.75) is 39.2 Å². The number of aryl methyl sites for hydroxylation is 2. The molecule has 0 unspecified atom stereocenters. The number of aromatic nitrogens is 2. The van der Waals surface area contributed by atoms with Gasteiger partial charge in [-0.15, -0.1) is 0 Å². The predicted molar refractivity (Wildman–Crippen MR) is 71.4 cm³/mol. The van der Waals surface area contributed by atoms with Crippen LogP contribution in [-0.2, 0) is 19.4 Å². The lowest BCUT2D eigenvalue weighted by Crippen LogP contribution is -2.07. The highest BCUT2D eigenvalue weighted by Crippen LogP contribution is 2.25. The number of rotatable bonds is 4. The highest BCUT2D eigenvalue weighted by molar-refractivity contribution is 7.98. The molecule has 0 saturated carbocycles. The monoisotopic (exact) mass is 239 g/mol. The van der Waals surface area contributed by atoms with E-state index in [0.29, 0.717) is 0 Å². The van der Waals surface area contributed by atoms with Crippen molar-refractivity contribution in [3.8, 4) is 0 Å². The second-order valence-electron chi connectivity index (χ2n) is 4.22. The number of anilines is 1. The fourth-order valence-electron chi connectivity index (χ4n) is 2.27. The first-order valence-electron chi connectivity index (χ1n) is 6.18. The number of hydrogen-bond acceptors (Lipinski definition) is 3. The highest BCUT2D eigenvalue weighted by atomic mass is 32.2. The molecule has 4 heteroatoms. The van der Waals surface area contributed by atoms with Crippen molar-refractivity contribution in [2.24, 2.45) is 0 Å². The van der Waals surface area contributed by atoms with E-state index in [0.717, 1.165) is 19.5 Å². The molecule has 0 saturated heterocycles. The number of thioether (sulfide) groups is 1. The molecule has 1 N–H and O–H groups in total. The lowest BCUT2D eigenvalue weighted by Gasteiger charge is -2.06. The van der Waals surface area contributed by atoms with Gasteiger partial charge < -0.3 is 5.32 Å². The molecular formula is C12H21N3S. The predicted octanol–water partition coefficient (Wildman–Crippen LogP) is 2.56. The maximum absolute atomic E-state index is 4.73. The zero-order valence-electron chi connectivity index (χ0n) is 10.3. The lowest BCUT2D eigenvalue weighted by molar-refractivity contribution is 0.651. The largest absolute Gasteiger partial charge is 0.370 e. The van der Waals surface area contributed by atoms with E-state index in [4.69, 9.17) is 5.10 Å². The maximum atomic E-state index is 4.73. The molecule has 0 fully saturated rings. The number of hydrogen-bond donors (Lipinski definition) is 1. The van der Waals surface area contributed by atoms with Crippen LogP contribution in [0.2, 0.25) is 0 Å². The van der Waals surface area contributed by atoms with Crippen molar-refractivity contribution in [3.63, 3.8) is 0 Å². The van der Waals surface area contributed by atoms with E-state index in [1.54, 1.807) is 0 Å². The lowest BCUT2D eigenvalue weighted by atomic mass is 10.1. The van der Waals surface area contributed by atoms with Crippen LogP contribution < -0.4 is 5.32 Å². The van der Waals surface area contributed by atoms with E-state index < -0.39 is 0 Å². The Morgan fingerprint density at radius 2 is 2.31 bits per heavy atom. The second kappa shape index (κ2) is 5.62. The summed E-state index contributed by atoms with van der Waals surface area (Å²) in [6, 6.07) is 0. The van der Waals surface area contributed by atoms with Crippen LogP contribution in [-0.4, -0.2) is 28.3 Å². The average Bonchev–Trinajstić information content (AvgIpc) is 2.50. The van der Waals surface area contributed by atoms with Crippen LogP contribution in [0.3, 0.4) is 0 Å². The summed E-state index contributed by atoms with van der Waals surface area (Å²) in [4.78, 5) is 0. The van der Waals surface area contributed by atoms with Gasteiger partial charge in [0, 0.05) is 25.1 Å². The molecule has 0 bridgehead atoms. The second-order valence-corrected chi connectivity index (χ2v) is 5.20. The van der Waals surface area contributed by atoms with Gasteiger partial charge >= 0.3 is 0 Å². The summed E-state index contributed by atoms with van der Waals surface area (Å²) in [5.74, 6) is 2.46. The molecule has 16 heavy (non-hydrogen) atoms. The minimum atomic E-state index is 0.967. The zero-order chi connectivity index (χ0) is 11.4. The summed E-state index contributed by atoms with van der Waals surface area (Å²) in [6.45, 7) is 4.23. The molecule has 0 atom stereocenters. The van der Waals surface area contributed by atoms with Crippen molar-refractivity contribution in [1.82, 2.24) is 9.78 Å². The smallest absolute Gasteiger partial charge is 0.127 e. The van der Waals surface area contributed by atoms with Crippen LogP contribution in [0.1, 0.15) is 31.0 Å². The molecule has 0 radical (unpaired) electrons. The van der Waals surface area contributed by atoms with Gasteiger partial charge in [-0.05, 0) is 38.2 Å². The van der Waals surface area contributed by atoms with Crippen LogP contribution in [0.15, 0.2) is 0 Å². The molecule has 2 rings (SSSR count). The molecule has 3 nitrogen and oxygen atoms in total. The van der Waals surface area contributed by atoms with Gasteiger partial charge in [0.25, 0.3) is 0 Å². The van der Waals surface area contributed by atoms with E-state index in [2.05, 4.69) is 23.2 Å². The van der Waals surface area contributed by atoms with E-state index in [1.165, 1.54) is 42.1 Å². The van der Waals surface area contributed by atoms with Gasteiger partial charge in [-0.25, -0.2) is 4.68 Å². The van der Waals surface area contributed by atoms with Gasteiger partial charge in [0.15, 0.2) is 0 Å². The third kappa shape index (κ3) is 2.37. The van der Waals surface area contributed by atoms with Gasteiger partial charge in [0.05, 0.1) is 5.69 Å². The van der Waals surface area contributed by atoms with Crippen LogP contribution in [0.4, 0.5) is 5.82 Å². The third-order valence-electron chi connectivity index (χ3n) is 3.12. The summed E-state index contributed by atoms with van der Waals surface area (Å²) in [5, 5.41) is 8.27. The summed E-state index contributed by atoms with van der Waals surface area (Å²) >= 11 is 1.90. The fraction of sp³-hybridized carbons (Fsp3) is 0.750. The summed E-state index contributed by atoms with van der Waals surface area (Å²) < 4.78 is 2.14. The Bertz CT molecular complexity index is 346. The fourth-order valence-corrected chi connectivity index (χ4v) is 2.67. The zero-order valence-corrected chi connectivity index (χ0v) is 11.1. The van der Waals surface area contributed by atoms with E-state index in [-0.39, 0.29) is 0 Å². The minimum Gasteiger partial charge on any atom is -0.370 e. The first-order chi connectivity index (χ1) is 7.86. The number of nitrogens with one attached hydrogen (secondary N) is 1. The molecule has 0 amide bonds. The first kappa shape index (κ1) is 11.8. The summed E-state index contributed by atoms with van der Waals surface area (Å²) in [7, 11) is 0. The van der Waals surface area contributed by atoms with Crippen molar-refractivity contribution in [2.75, 3.05) is 23.9 Å². The molecule has 1 aliphatic heterocycles. The van der Waals surface area contributed by atoms with Gasteiger partial charge in [-0.1, -0.05) is 0 Å². The molecular weight excluding hydrogens is 218 g/mol. The topological polar surface area (TPSA) is 29.9 Å². The molecule has 0 spiro atoms. The molecule has 0 aliphatic carbocycles. The van der Waals surface area contributed by atoms with Crippen LogP contribution in [0.25, 0.3) is 0 Å². The van der Waals surface area contributed by atoms with Gasteiger partial charge in [0.2, 0.25) is 0 Å². The van der Waals surface area contributed by atoms with Crippen molar-refractivity contribution < 1.29 is 0 Å². The van der Waals surface area contributed by atoms with Crippen molar-refractivity contribution in [3.05, 3.63) is 11.3 Å². The summed E-state index contributed by atoms with van der Waals surface area (Å²) in [6.07, 6.45) is 7.04. The molecule has 1 aromatic heterocycles. The number of fused-ring (bicyclic) bond motifs is 1. The van der Waals surface area contributed by atoms with Gasteiger partial charge in [0.1, 0.15) is 5.82 Å². The van der Waals surface area contributed by atoms with E-state index >= 15 is 0 Å². The molecule has 1 aromatic rings. The molecule has 2 heterocycles. The van der Waals surface area contributed by atoms with E-state index in [9.17, 15) is 0 Å². The van der Waals surface area contributed by atoms with Crippen LogP contribution >= 0.6 is 11.8 Å². The maximum Gasteiger partial charge on any atom is 0.127 e. The Balaban J connectivity index is 2.26. The summed E-state index contributed by atoms with van der Waals surface area (Å²) in [5.41, 5.74) is 2.80. The molecule has 0 aromatic carbocycles. The third-order valence-corrected chi connectivity index (χ3v) is 3.73. The van der Waals surface area contributed by atoms with Crippen LogP contribution in [0, 0.1) is 0 Å². The normalized spacial score (nSPS) is 15.4.